The summed E-state index contributed by atoms with van der Waals surface area (Å²) in [5.74, 6) is -0.000899. The topological polar surface area (TPSA) is 42.4 Å². The summed E-state index contributed by atoms with van der Waals surface area (Å²) in [5, 5.41) is 1.52. The number of rotatable bonds is 2. The molecule has 2 heterocycles. The van der Waals surface area contributed by atoms with Crippen LogP contribution in [0.15, 0.2) is 48.5 Å². The molecule has 2 aromatic carbocycles. The van der Waals surface area contributed by atoms with E-state index in [0.29, 0.717) is 36.9 Å². The van der Waals surface area contributed by atoms with Crippen molar-refractivity contribution in [3.05, 3.63) is 64.8 Å². The van der Waals surface area contributed by atoms with Gasteiger partial charge in [-0.2, -0.15) is 0 Å². The largest absolute Gasteiger partial charge is 0.378 e. The monoisotopic (exact) mass is 402 g/mol. The molecule has 1 aliphatic rings. The Morgan fingerprint density at radius 1 is 1.11 bits per heavy atom. The predicted molar refractivity (Wildman–Crippen MR) is 111 cm³/mol. The van der Waals surface area contributed by atoms with Crippen molar-refractivity contribution in [2.45, 2.75) is 6.92 Å². The standard InChI is InChI=1S/C21H19ClN2O2.ClH/c1-14-19(21(25)24-9-11-26-12-10-24)20(15-5-3-2-4-6-15)17-13-16(22)7-8-18(17)23-14;/h2-8,13H,9-12H2,1H3;1H. The zero-order chi connectivity index (χ0) is 18.1. The van der Waals surface area contributed by atoms with Gasteiger partial charge in [-0.3, -0.25) is 9.78 Å². The number of carbonyl (C=O) groups is 1. The Labute approximate surface area is 169 Å². The molecule has 0 spiro atoms. The molecule has 1 saturated heterocycles. The Balaban J connectivity index is 0.00000210. The SMILES string of the molecule is Cc1nc2ccc(Cl)cc2c(-c2ccccc2)c1C(=O)N1CCOCC1.Cl. The molecule has 0 aliphatic carbocycles. The molecule has 140 valence electrons. The van der Waals surface area contributed by atoms with Gasteiger partial charge in [-0.05, 0) is 30.7 Å². The summed E-state index contributed by atoms with van der Waals surface area (Å²) in [6.45, 7) is 4.23. The van der Waals surface area contributed by atoms with Crippen LogP contribution in [-0.2, 0) is 4.74 Å². The van der Waals surface area contributed by atoms with E-state index in [4.69, 9.17) is 16.3 Å². The van der Waals surface area contributed by atoms with Crippen LogP contribution >= 0.6 is 24.0 Å². The molecule has 27 heavy (non-hydrogen) atoms. The summed E-state index contributed by atoms with van der Waals surface area (Å²) in [6, 6.07) is 15.6. The van der Waals surface area contributed by atoms with Crippen LogP contribution in [0.2, 0.25) is 5.02 Å². The van der Waals surface area contributed by atoms with Gasteiger partial charge in [0.2, 0.25) is 0 Å². The second kappa shape index (κ2) is 8.26. The molecule has 6 heteroatoms. The number of amides is 1. The Bertz CT molecular complexity index is 971. The minimum absolute atomic E-state index is 0. The number of pyridine rings is 1. The Morgan fingerprint density at radius 3 is 2.52 bits per heavy atom. The van der Waals surface area contributed by atoms with Gasteiger partial charge in [0, 0.05) is 29.1 Å². The number of benzene rings is 2. The van der Waals surface area contributed by atoms with Crippen molar-refractivity contribution in [2.75, 3.05) is 26.3 Å². The third kappa shape index (κ3) is 3.79. The van der Waals surface area contributed by atoms with Crippen molar-refractivity contribution in [2.24, 2.45) is 0 Å². The lowest BCUT2D eigenvalue weighted by Crippen LogP contribution is -2.41. The van der Waals surface area contributed by atoms with Gasteiger partial charge in [0.1, 0.15) is 0 Å². The maximum atomic E-state index is 13.3. The van der Waals surface area contributed by atoms with Crippen LogP contribution < -0.4 is 0 Å². The molecule has 0 unspecified atom stereocenters. The fraction of sp³-hybridized carbons (Fsp3) is 0.238. The van der Waals surface area contributed by atoms with Crippen molar-refractivity contribution in [1.29, 1.82) is 0 Å². The van der Waals surface area contributed by atoms with Gasteiger partial charge in [-0.25, -0.2) is 0 Å². The fourth-order valence-electron chi connectivity index (χ4n) is 3.45. The molecular formula is C21H20Cl2N2O2. The van der Waals surface area contributed by atoms with E-state index in [0.717, 1.165) is 27.7 Å². The highest BCUT2D eigenvalue weighted by Gasteiger charge is 2.26. The van der Waals surface area contributed by atoms with E-state index in [2.05, 4.69) is 4.98 Å². The number of aryl methyl sites for hydroxylation is 1. The molecule has 1 aromatic heterocycles. The van der Waals surface area contributed by atoms with Gasteiger partial charge in [0.05, 0.1) is 30.0 Å². The zero-order valence-corrected chi connectivity index (χ0v) is 16.5. The summed E-state index contributed by atoms with van der Waals surface area (Å²) >= 11 is 6.26. The summed E-state index contributed by atoms with van der Waals surface area (Å²) < 4.78 is 5.39. The van der Waals surface area contributed by atoms with E-state index >= 15 is 0 Å². The molecule has 4 nitrogen and oxygen atoms in total. The molecule has 4 rings (SSSR count). The molecule has 0 N–H and O–H groups in total. The van der Waals surface area contributed by atoms with Crippen LogP contribution in [-0.4, -0.2) is 42.1 Å². The Hall–Kier alpha value is -2.14. The molecular weight excluding hydrogens is 383 g/mol. The van der Waals surface area contributed by atoms with Crippen LogP contribution in [0.3, 0.4) is 0 Å². The van der Waals surface area contributed by atoms with Crippen LogP contribution in [0, 0.1) is 6.92 Å². The van der Waals surface area contributed by atoms with Gasteiger partial charge < -0.3 is 9.64 Å². The third-order valence-electron chi connectivity index (χ3n) is 4.70. The van der Waals surface area contributed by atoms with Crippen molar-refractivity contribution >= 4 is 40.8 Å². The zero-order valence-electron chi connectivity index (χ0n) is 14.9. The summed E-state index contributed by atoms with van der Waals surface area (Å²) in [4.78, 5) is 19.9. The third-order valence-corrected chi connectivity index (χ3v) is 4.94. The van der Waals surface area contributed by atoms with E-state index in [1.165, 1.54) is 0 Å². The quantitative estimate of drug-likeness (QED) is 0.620. The van der Waals surface area contributed by atoms with Gasteiger partial charge >= 0.3 is 0 Å². The molecule has 0 atom stereocenters. The highest BCUT2D eigenvalue weighted by Crippen LogP contribution is 2.35. The minimum Gasteiger partial charge on any atom is -0.378 e. The predicted octanol–water partition coefficient (Wildman–Crippen LogP) is 4.76. The van der Waals surface area contributed by atoms with E-state index in [1.807, 2.05) is 60.4 Å². The van der Waals surface area contributed by atoms with Crippen molar-refractivity contribution in [1.82, 2.24) is 9.88 Å². The number of hydrogen-bond donors (Lipinski definition) is 0. The number of carbonyl (C=O) groups excluding carboxylic acids is 1. The summed E-state index contributed by atoms with van der Waals surface area (Å²) in [7, 11) is 0. The molecule has 1 fully saturated rings. The average molecular weight is 403 g/mol. The maximum absolute atomic E-state index is 13.3. The van der Waals surface area contributed by atoms with Gasteiger partial charge in [0.25, 0.3) is 5.91 Å². The number of hydrogen-bond acceptors (Lipinski definition) is 3. The fourth-order valence-corrected chi connectivity index (χ4v) is 3.62. The maximum Gasteiger partial charge on any atom is 0.256 e. The average Bonchev–Trinajstić information content (AvgIpc) is 2.68. The number of nitrogens with zero attached hydrogens (tertiary/aromatic N) is 2. The van der Waals surface area contributed by atoms with Crippen LogP contribution in [0.4, 0.5) is 0 Å². The van der Waals surface area contributed by atoms with Gasteiger partial charge in [0.15, 0.2) is 0 Å². The second-order valence-electron chi connectivity index (χ2n) is 6.38. The molecule has 0 radical (unpaired) electrons. The first-order valence-corrected chi connectivity index (χ1v) is 9.05. The number of ether oxygens (including phenoxy) is 1. The van der Waals surface area contributed by atoms with Crippen LogP contribution in [0.1, 0.15) is 16.1 Å². The van der Waals surface area contributed by atoms with Crippen LogP contribution in [0.5, 0.6) is 0 Å². The number of halogens is 2. The lowest BCUT2D eigenvalue weighted by atomic mass is 9.93. The van der Waals surface area contributed by atoms with Crippen molar-refractivity contribution < 1.29 is 9.53 Å². The number of aromatic nitrogens is 1. The molecule has 0 saturated carbocycles. The lowest BCUT2D eigenvalue weighted by Gasteiger charge is -2.28. The first kappa shape index (κ1) is 19.6. The first-order valence-electron chi connectivity index (χ1n) is 8.67. The summed E-state index contributed by atoms with van der Waals surface area (Å²) in [6.07, 6.45) is 0. The number of morpholine rings is 1. The van der Waals surface area contributed by atoms with Crippen molar-refractivity contribution in [3.8, 4) is 11.1 Å². The lowest BCUT2D eigenvalue weighted by molar-refractivity contribution is 0.0302. The van der Waals surface area contributed by atoms with Gasteiger partial charge in [-0.1, -0.05) is 41.9 Å². The second-order valence-corrected chi connectivity index (χ2v) is 6.82. The van der Waals surface area contributed by atoms with E-state index in [9.17, 15) is 4.79 Å². The molecule has 0 bridgehead atoms. The van der Waals surface area contributed by atoms with Gasteiger partial charge in [-0.15, -0.1) is 12.4 Å². The molecule has 3 aromatic rings. The molecule has 1 aliphatic heterocycles. The first-order chi connectivity index (χ1) is 12.6. The molecule has 1 amide bonds. The van der Waals surface area contributed by atoms with Crippen LogP contribution in [0.25, 0.3) is 22.0 Å². The Morgan fingerprint density at radius 2 is 1.81 bits per heavy atom. The highest BCUT2D eigenvalue weighted by atomic mass is 35.5. The minimum atomic E-state index is -0.000899. The van der Waals surface area contributed by atoms with E-state index in [1.54, 1.807) is 0 Å². The smallest absolute Gasteiger partial charge is 0.256 e. The van der Waals surface area contributed by atoms with Crippen molar-refractivity contribution in [3.63, 3.8) is 0 Å². The summed E-state index contributed by atoms with van der Waals surface area (Å²) in [5.41, 5.74) is 4.10. The van der Waals surface area contributed by atoms with E-state index < -0.39 is 0 Å². The normalized spacial score (nSPS) is 14.1. The Kier molecular flexibility index (Phi) is 6.00. The van der Waals surface area contributed by atoms with E-state index in [-0.39, 0.29) is 18.3 Å². The highest BCUT2D eigenvalue weighted by molar-refractivity contribution is 6.31. The number of fused-ring (bicyclic) bond motifs is 1.